The van der Waals surface area contributed by atoms with Gasteiger partial charge in [0.2, 0.25) is 5.91 Å². The molecule has 1 unspecified atom stereocenters. The van der Waals surface area contributed by atoms with Crippen molar-refractivity contribution in [2.75, 3.05) is 13.2 Å². The van der Waals surface area contributed by atoms with Gasteiger partial charge in [0.1, 0.15) is 11.6 Å². The van der Waals surface area contributed by atoms with E-state index in [9.17, 15) is 9.18 Å². The first-order valence-corrected chi connectivity index (χ1v) is 7.74. The van der Waals surface area contributed by atoms with Gasteiger partial charge in [-0.25, -0.2) is 4.39 Å². The Labute approximate surface area is 144 Å². The zero-order chi connectivity index (χ0) is 16.6. The predicted octanol–water partition coefficient (Wildman–Crippen LogP) is 3.29. The minimum Gasteiger partial charge on any atom is -0.494 e. The monoisotopic (exact) mass is 346 g/mol. The Morgan fingerprint density at radius 3 is 2.48 bits per heavy atom. The van der Waals surface area contributed by atoms with Crippen LogP contribution in [-0.2, 0) is 4.79 Å². The van der Waals surface area contributed by atoms with Crippen molar-refractivity contribution in [1.82, 2.24) is 5.32 Å². The fraction of sp³-hybridized carbons (Fsp3) is 0.588. The quantitative estimate of drug-likeness (QED) is 0.674. The number of carbonyl (C=O) groups is 1. The molecule has 6 heteroatoms. The summed E-state index contributed by atoms with van der Waals surface area (Å²) in [5.41, 5.74) is 5.42. The molecule has 0 aliphatic rings. The summed E-state index contributed by atoms with van der Waals surface area (Å²) in [5, 5.41) is 3.01. The van der Waals surface area contributed by atoms with E-state index in [0.717, 1.165) is 6.42 Å². The summed E-state index contributed by atoms with van der Waals surface area (Å²) in [6, 6.07) is 5.84. The first-order chi connectivity index (χ1) is 10.3. The largest absolute Gasteiger partial charge is 0.494 e. The molecule has 0 aromatic heterocycles. The van der Waals surface area contributed by atoms with Crippen molar-refractivity contribution in [3.8, 4) is 5.75 Å². The molecule has 1 aromatic rings. The number of nitrogens with one attached hydrogen (secondary N) is 1. The molecular weight excluding hydrogens is 319 g/mol. The molecule has 0 fully saturated rings. The van der Waals surface area contributed by atoms with Crippen molar-refractivity contribution in [2.45, 2.75) is 45.6 Å². The Balaban J connectivity index is 0.00000484. The van der Waals surface area contributed by atoms with Gasteiger partial charge in [0, 0.05) is 18.5 Å². The van der Waals surface area contributed by atoms with Crippen molar-refractivity contribution >= 4 is 18.3 Å². The highest BCUT2D eigenvalue weighted by Crippen LogP contribution is 2.16. The maximum absolute atomic E-state index is 12.7. The number of benzene rings is 1. The van der Waals surface area contributed by atoms with Crippen LogP contribution in [-0.4, -0.2) is 24.6 Å². The third kappa shape index (κ3) is 8.77. The Morgan fingerprint density at radius 1 is 1.35 bits per heavy atom. The van der Waals surface area contributed by atoms with Crippen molar-refractivity contribution in [3.63, 3.8) is 0 Å². The normalized spacial score (nSPS) is 13.1. The molecule has 0 bridgehead atoms. The molecule has 0 radical (unpaired) electrons. The van der Waals surface area contributed by atoms with Gasteiger partial charge in [-0.05, 0) is 49.9 Å². The second-order valence-corrected chi connectivity index (χ2v) is 6.32. The lowest BCUT2D eigenvalue weighted by Crippen LogP contribution is -2.52. The molecule has 3 N–H and O–H groups in total. The molecule has 0 heterocycles. The van der Waals surface area contributed by atoms with Gasteiger partial charge in [-0.2, -0.15) is 0 Å². The average molecular weight is 347 g/mol. The van der Waals surface area contributed by atoms with Gasteiger partial charge in [0.15, 0.2) is 0 Å². The smallest absolute Gasteiger partial charge is 0.220 e. The number of hydrogen-bond acceptors (Lipinski definition) is 3. The maximum Gasteiger partial charge on any atom is 0.220 e. The van der Waals surface area contributed by atoms with E-state index in [1.165, 1.54) is 12.1 Å². The number of hydrogen-bond donors (Lipinski definition) is 2. The minimum atomic E-state index is -0.358. The highest BCUT2D eigenvalue weighted by Gasteiger charge is 2.25. The molecule has 23 heavy (non-hydrogen) atoms. The second kappa shape index (κ2) is 10.4. The van der Waals surface area contributed by atoms with Gasteiger partial charge in [-0.3, -0.25) is 4.79 Å². The fourth-order valence-electron chi connectivity index (χ4n) is 2.44. The van der Waals surface area contributed by atoms with Crippen molar-refractivity contribution < 1.29 is 13.9 Å². The van der Waals surface area contributed by atoms with E-state index in [0.29, 0.717) is 37.7 Å². The zero-order valence-electron chi connectivity index (χ0n) is 14.1. The third-order valence-electron chi connectivity index (χ3n) is 3.38. The molecule has 0 aliphatic carbocycles. The first-order valence-electron chi connectivity index (χ1n) is 7.74. The summed E-state index contributed by atoms with van der Waals surface area (Å²) in [6.07, 6.45) is 1.84. The first kappa shape index (κ1) is 21.7. The molecule has 0 saturated heterocycles. The van der Waals surface area contributed by atoms with Crippen LogP contribution in [0.2, 0.25) is 0 Å². The van der Waals surface area contributed by atoms with E-state index in [-0.39, 0.29) is 29.7 Å². The van der Waals surface area contributed by atoms with Crippen LogP contribution >= 0.6 is 12.4 Å². The van der Waals surface area contributed by atoms with Gasteiger partial charge in [0.25, 0.3) is 0 Å². The Hall–Kier alpha value is -1.33. The summed E-state index contributed by atoms with van der Waals surface area (Å²) in [5.74, 6) is 0.762. The molecule has 1 amide bonds. The minimum absolute atomic E-state index is 0. The lowest BCUT2D eigenvalue weighted by Gasteiger charge is -2.31. The summed E-state index contributed by atoms with van der Waals surface area (Å²) in [4.78, 5) is 12.0. The highest BCUT2D eigenvalue weighted by molar-refractivity contribution is 5.85. The van der Waals surface area contributed by atoms with Crippen LogP contribution in [0, 0.1) is 11.7 Å². The van der Waals surface area contributed by atoms with Crippen molar-refractivity contribution in [2.24, 2.45) is 11.7 Å². The topological polar surface area (TPSA) is 64.3 Å². The SMILES string of the molecule is CC(C)CC(C)(CN)NC(=O)CCCOc1ccc(F)cc1.Cl. The summed E-state index contributed by atoms with van der Waals surface area (Å²) in [6.45, 7) is 7.03. The van der Waals surface area contributed by atoms with Crippen molar-refractivity contribution in [1.29, 1.82) is 0 Å². The summed E-state index contributed by atoms with van der Waals surface area (Å²) < 4.78 is 18.2. The number of halogens is 2. The molecule has 0 aliphatic heterocycles. The molecule has 1 rings (SSSR count). The van der Waals surface area contributed by atoms with Crippen LogP contribution in [0.3, 0.4) is 0 Å². The van der Waals surface area contributed by atoms with Gasteiger partial charge in [0.05, 0.1) is 6.61 Å². The summed E-state index contributed by atoms with van der Waals surface area (Å²) in [7, 11) is 0. The van der Waals surface area contributed by atoms with Crippen LogP contribution in [0.25, 0.3) is 0 Å². The number of rotatable bonds is 9. The third-order valence-corrected chi connectivity index (χ3v) is 3.38. The molecule has 132 valence electrons. The van der Waals surface area contributed by atoms with E-state index in [1.807, 2.05) is 6.92 Å². The second-order valence-electron chi connectivity index (χ2n) is 6.32. The highest BCUT2D eigenvalue weighted by atomic mass is 35.5. The van der Waals surface area contributed by atoms with E-state index in [2.05, 4.69) is 19.2 Å². The lowest BCUT2D eigenvalue weighted by atomic mass is 9.90. The number of nitrogens with two attached hydrogens (primary N) is 1. The lowest BCUT2D eigenvalue weighted by molar-refractivity contribution is -0.123. The van der Waals surface area contributed by atoms with Crippen LogP contribution in [0.4, 0.5) is 4.39 Å². The molecule has 4 nitrogen and oxygen atoms in total. The fourth-order valence-corrected chi connectivity index (χ4v) is 2.44. The van der Waals surface area contributed by atoms with Crippen LogP contribution in [0.15, 0.2) is 24.3 Å². The number of ether oxygens (including phenoxy) is 1. The Bertz CT molecular complexity index is 468. The van der Waals surface area contributed by atoms with Gasteiger partial charge < -0.3 is 15.8 Å². The van der Waals surface area contributed by atoms with E-state index < -0.39 is 0 Å². The van der Waals surface area contributed by atoms with Crippen LogP contribution < -0.4 is 15.8 Å². The standard InChI is InChI=1S/C17H27FN2O2.ClH/c1-13(2)11-17(3,12-19)20-16(21)5-4-10-22-15-8-6-14(18)7-9-15;/h6-9,13H,4-5,10-12,19H2,1-3H3,(H,20,21);1H. The van der Waals surface area contributed by atoms with Crippen LogP contribution in [0.5, 0.6) is 5.75 Å². The Morgan fingerprint density at radius 2 is 1.96 bits per heavy atom. The van der Waals surface area contributed by atoms with Crippen LogP contribution in [0.1, 0.15) is 40.0 Å². The van der Waals surface area contributed by atoms with E-state index in [4.69, 9.17) is 10.5 Å². The zero-order valence-corrected chi connectivity index (χ0v) is 14.9. The predicted molar refractivity (Wildman–Crippen MR) is 93.4 cm³/mol. The van der Waals surface area contributed by atoms with Gasteiger partial charge in [-0.1, -0.05) is 13.8 Å². The average Bonchev–Trinajstić information content (AvgIpc) is 2.44. The summed E-state index contributed by atoms with van der Waals surface area (Å²) >= 11 is 0. The Kier molecular flexibility index (Phi) is 9.84. The molecule has 0 saturated carbocycles. The van der Waals surface area contributed by atoms with E-state index >= 15 is 0 Å². The number of amides is 1. The molecule has 1 atom stereocenters. The van der Waals surface area contributed by atoms with Gasteiger partial charge in [-0.15, -0.1) is 12.4 Å². The van der Waals surface area contributed by atoms with Gasteiger partial charge >= 0.3 is 0 Å². The maximum atomic E-state index is 12.7. The molecule has 0 spiro atoms. The number of carbonyl (C=O) groups excluding carboxylic acids is 1. The molecular formula is C17H28ClFN2O2. The van der Waals surface area contributed by atoms with E-state index in [1.54, 1.807) is 12.1 Å². The molecule has 1 aromatic carbocycles. The van der Waals surface area contributed by atoms with Crippen molar-refractivity contribution in [3.05, 3.63) is 30.1 Å².